The van der Waals surface area contributed by atoms with Crippen molar-refractivity contribution in [3.63, 3.8) is 0 Å². The molecule has 4 heteroatoms. The zero-order chi connectivity index (χ0) is 12.7. The molecule has 98 valence electrons. The van der Waals surface area contributed by atoms with E-state index < -0.39 is 0 Å². The number of esters is 1. The molecule has 17 heavy (non-hydrogen) atoms. The van der Waals surface area contributed by atoms with Crippen LogP contribution < -0.4 is 0 Å². The second kappa shape index (κ2) is 7.30. The van der Waals surface area contributed by atoms with Crippen LogP contribution in [0.3, 0.4) is 0 Å². The van der Waals surface area contributed by atoms with Crippen LogP contribution >= 0.6 is 0 Å². The van der Waals surface area contributed by atoms with Gasteiger partial charge in [-0.25, -0.2) is 0 Å². The maximum atomic E-state index is 12.0. The fourth-order valence-corrected chi connectivity index (χ4v) is 1.73. The van der Waals surface area contributed by atoms with Gasteiger partial charge in [0, 0.05) is 19.0 Å². The maximum Gasteiger partial charge on any atom is 0.307 e. The van der Waals surface area contributed by atoms with E-state index in [-0.39, 0.29) is 17.8 Å². The van der Waals surface area contributed by atoms with Gasteiger partial charge in [-0.2, -0.15) is 0 Å². The number of rotatable bonds is 8. The van der Waals surface area contributed by atoms with Crippen LogP contribution in [0, 0.1) is 5.92 Å². The Labute approximate surface area is 103 Å². The molecule has 0 aromatic carbocycles. The number of nitrogens with zero attached hydrogens (tertiary/aromatic N) is 1. The number of carbonyl (C=O) groups excluding carboxylic acids is 2. The van der Waals surface area contributed by atoms with E-state index in [9.17, 15) is 9.59 Å². The van der Waals surface area contributed by atoms with E-state index in [0.29, 0.717) is 19.6 Å². The monoisotopic (exact) mass is 241 g/mol. The minimum Gasteiger partial charge on any atom is -0.466 e. The highest BCUT2D eigenvalue weighted by Gasteiger charge is 2.33. The summed E-state index contributed by atoms with van der Waals surface area (Å²) in [5, 5.41) is 0. The molecule has 1 aliphatic rings. The van der Waals surface area contributed by atoms with Gasteiger partial charge in [-0.05, 0) is 26.2 Å². The minimum atomic E-state index is -0.211. The molecule has 4 nitrogen and oxygen atoms in total. The fraction of sp³-hybridized carbons (Fsp3) is 0.846. The van der Waals surface area contributed by atoms with E-state index in [2.05, 4.69) is 6.92 Å². The first-order valence-electron chi connectivity index (χ1n) is 6.63. The van der Waals surface area contributed by atoms with Crippen LogP contribution in [0.25, 0.3) is 0 Å². The number of hydrogen-bond acceptors (Lipinski definition) is 3. The zero-order valence-corrected chi connectivity index (χ0v) is 10.9. The summed E-state index contributed by atoms with van der Waals surface area (Å²) in [5.41, 5.74) is 0. The van der Waals surface area contributed by atoms with E-state index in [1.165, 1.54) is 0 Å². The first kappa shape index (κ1) is 14.0. The summed E-state index contributed by atoms with van der Waals surface area (Å²) >= 11 is 0. The Bertz CT molecular complexity index is 261. The quantitative estimate of drug-likeness (QED) is 0.610. The Hall–Kier alpha value is -1.06. The molecule has 1 fully saturated rings. The smallest absolute Gasteiger partial charge is 0.307 e. The maximum absolute atomic E-state index is 12.0. The third-order valence-electron chi connectivity index (χ3n) is 2.91. The topological polar surface area (TPSA) is 46.6 Å². The van der Waals surface area contributed by atoms with Crippen LogP contribution in [0.4, 0.5) is 0 Å². The van der Waals surface area contributed by atoms with Gasteiger partial charge >= 0.3 is 5.97 Å². The molecule has 0 atom stereocenters. The van der Waals surface area contributed by atoms with Crippen molar-refractivity contribution in [3.05, 3.63) is 0 Å². The number of unbranched alkanes of at least 4 members (excludes halogenated alkanes) is 1. The van der Waals surface area contributed by atoms with Crippen LogP contribution in [0.1, 0.15) is 46.0 Å². The number of ether oxygens (including phenoxy) is 1. The minimum absolute atomic E-state index is 0.211. The predicted octanol–water partition coefficient (Wildman–Crippen LogP) is 1.98. The Morgan fingerprint density at radius 1 is 1.24 bits per heavy atom. The molecule has 0 aliphatic heterocycles. The lowest BCUT2D eigenvalue weighted by Gasteiger charge is -2.22. The molecule has 1 amide bonds. The van der Waals surface area contributed by atoms with Crippen molar-refractivity contribution in [3.8, 4) is 0 Å². The van der Waals surface area contributed by atoms with Crippen LogP contribution in [-0.4, -0.2) is 36.5 Å². The third-order valence-corrected chi connectivity index (χ3v) is 2.91. The second-order valence-electron chi connectivity index (χ2n) is 4.51. The molecule has 0 bridgehead atoms. The zero-order valence-electron chi connectivity index (χ0n) is 10.9. The Kier molecular flexibility index (Phi) is 6.01. The van der Waals surface area contributed by atoms with E-state index in [0.717, 1.165) is 32.2 Å². The van der Waals surface area contributed by atoms with E-state index >= 15 is 0 Å². The lowest BCUT2D eigenvalue weighted by Crippen LogP contribution is -2.35. The Balaban J connectivity index is 2.34. The Morgan fingerprint density at radius 2 is 1.94 bits per heavy atom. The molecule has 1 rings (SSSR count). The summed E-state index contributed by atoms with van der Waals surface area (Å²) in [7, 11) is 0. The standard InChI is InChI=1S/C13H23NO3/c1-3-5-9-14(13(16)11-6-7-11)10-8-12(15)17-4-2/h11H,3-10H2,1-2H3. The van der Waals surface area contributed by atoms with Crippen molar-refractivity contribution in [1.29, 1.82) is 0 Å². The second-order valence-corrected chi connectivity index (χ2v) is 4.51. The molecule has 1 aliphatic carbocycles. The number of carbonyl (C=O) groups is 2. The van der Waals surface area contributed by atoms with E-state index in [4.69, 9.17) is 4.74 Å². The van der Waals surface area contributed by atoms with Gasteiger partial charge in [0.05, 0.1) is 13.0 Å². The molecule has 0 radical (unpaired) electrons. The molecule has 0 heterocycles. The fourth-order valence-electron chi connectivity index (χ4n) is 1.73. The van der Waals surface area contributed by atoms with Crippen molar-refractivity contribution in [2.75, 3.05) is 19.7 Å². The van der Waals surface area contributed by atoms with Gasteiger partial charge in [0.25, 0.3) is 0 Å². The third kappa shape index (κ3) is 5.20. The van der Waals surface area contributed by atoms with Crippen LogP contribution in [0.2, 0.25) is 0 Å². The molecular formula is C13H23NO3. The molecule has 0 aromatic rings. The largest absolute Gasteiger partial charge is 0.466 e. The summed E-state index contributed by atoms with van der Waals surface area (Å²) in [6.07, 6.45) is 4.41. The number of amides is 1. The normalized spacial score (nSPS) is 14.5. The van der Waals surface area contributed by atoms with Gasteiger partial charge in [0.1, 0.15) is 0 Å². The Morgan fingerprint density at radius 3 is 2.47 bits per heavy atom. The summed E-state index contributed by atoms with van der Waals surface area (Å²) in [5.74, 6) is 0.245. The van der Waals surface area contributed by atoms with Crippen molar-refractivity contribution < 1.29 is 14.3 Å². The van der Waals surface area contributed by atoms with Gasteiger partial charge in [-0.3, -0.25) is 9.59 Å². The average molecular weight is 241 g/mol. The van der Waals surface area contributed by atoms with Crippen LogP contribution in [-0.2, 0) is 14.3 Å². The van der Waals surface area contributed by atoms with E-state index in [1.807, 2.05) is 4.90 Å². The van der Waals surface area contributed by atoms with Crippen molar-refractivity contribution in [2.45, 2.75) is 46.0 Å². The van der Waals surface area contributed by atoms with Gasteiger partial charge in [-0.1, -0.05) is 13.3 Å². The van der Waals surface area contributed by atoms with Crippen molar-refractivity contribution >= 4 is 11.9 Å². The van der Waals surface area contributed by atoms with Gasteiger partial charge in [0.2, 0.25) is 5.91 Å². The first-order chi connectivity index (χ1) is 8.19. The number of hydrogen-bond donors (Lipinski definition) is 0. The predicted molar refractivity (Wildman–Crippen MR) is 65.5 cm³/mol. The summed E-state index contributed by atoms with van der Waals surface area (Å²) < 4.78 is 4.88. The SMILES string of the molecule is CCCCN(CCC(=O)OCC)C(=O)C1CC1. The van der Waals surface area contributed by atoms with E-state index in [1.54, 1.807) is 6.92 Å². The summed E-state index contributed by atoms with van der Waals surface area (Å²) in [6.45, 7) is 5.58. The lowest BCUT2D eigenvalue weighted by atomic mass is 10.2. The summed E-state index contributed by atoms with van der Waals surface area (Å²) in [4.78, 5) is 25.1. The van der Waals surface area contributed by atoms with Crippen LogP contribution in [0.5, 0.6) is 0 Å². The molecule has 0 N–H and O–H groups in total. The molecule has 1 saturated carbocycles. The van der Waals surface area contributed by atoms with Crippen LogP contribution in [0.15, 0.2) is 0 Å². The van der Waals surface area contributed by atoms with Gasteiger partial charge in [0.15, 0.2) is 0 Å². The lowest BCUT2D eigenvalue weighted by molar-refractivity contribution is -0.144. The highest BCUT2D eigenvalue weighted by atomic mass is 16.5. The highest BCUT2D eigenvalue weighted by Crippen LogP contribution is 2.31. The molecule has 0 unspecified atom stereocenters. The molecule has 0 saturated heterocycles. The van der Waals surface area contributed by atoms with Gasteiger partial charge in [-0.15, -0.1) is 0 Å². The summed E-state index contributed by atoms with van der Waals surface area (Å²) in [6, 6.07) is 0. The molecule has 0 spiro atoms. The average Bonchev–Trinajstić information content (AvgIpc) is 3.12. The highest BCUT2D eigenvalue weighted by molar-refractivity contribution is 5.81. The van der Waals surface area contributed by atoms with Crippen molar-refractivity contribution in [1.82, 2.24) is 4.90 Å². The van der Waals surface area contributed by atoms with Crippen molar-refractivity contribution in [2.24, 2.45) is 5.92 Å². The van der Waals surface area contributed by atoms with Gasteiger partial charge < -0.3 is 9.64 Å². The first-order valence-corrected chi connectivity index (χ1v) is 6.63. The molecular weight excluding hydrogens is 218 g/mol. The molecule has 0 aromatic heterocycles.